The van der Waals surface area contributed by atoms with Crippen LogP contribution in [0.3, 0.4) is 0 Å². The molecule has 0 saturated heterocycles. The van der Waals surface area contributed by atoms with E-state index in [1.807, 2.05) is 37.3 Å². The molecule has 0 spiro atoms. The highest BCUT2D eigenvalue weighted by Crippen LogP contribution is 2.35. The molecule has 8 nitrogen and oxygen atoms in total. The molecule has 194 valence electrons. The SMILES string of the molecule is Cc1ccc(CCNS(=O)(=O)c2ccc(Nc3ncc4c(n3)-c3ccccc3N(C)C(=O)C4)cc2)cc1C. The topological polar surface area (TPSA) is 104 Å². The predicted molar refractivity (Wildman–Crippen MR) is 149 cm³/mol. The van der Waals surface area contributed by atoms with Gasteiger partial charge in [0.15, 0.2) is 0 Å². The molecule has 38 heavy (non-hydrogen) atoms. The Labute approximate surface area is 222 Å². The van der Waals surface area contributed by atoms with Gasteiger partial charge in [0.05, 0.1) is 22.7 Å². The van der Waals surface area contributed by atoms with Crippen LogP contribution in [0.15, 0.2) is 77.8 Å². The van der Waals surface area contributed by atoms with Crippen molar-refractivity contribution in [2.45, 2.75) is 31.6 Å². The molecular formula is C29H29N5O3S. The summed E-state index contributed by atoms with van der Waals surface area (Å²) in [7, 11) is -1.89. The van der Waals surface area contributed by atoms with Crippen molar-refractivity contribution in [2.24, 2.45) is 0 Å². The molecule has 5 rings (SSSR count). The van der Waals surface area contributed by atoms with E-state index >= 15 is 0 Å². The second kappa shape index (κ2) is 10.4. The number of sulfonamides is 1. The lowest BCUT2D eigenvalue weighted by atomic mass is 10.0. The van der Waals surface area contributed by atoms with Gasteiger partial charge in [-0.3, -0.25) is 4.79 Å². The molecule has 0 bridgehead atoms. The fraction of sp³-hybridized carbons (Fsp3) is 0.207. The number of nitrogens with zero attached hydrogens (tertiary/aromatic N) is 3. The van der Waals surface area contributed by atoms with Crippen LogP contribution in [-0.4, -0.2) is 37.9 Å². The monoisotopic (exact) mass is 527 g/mol. The number of benzene rings is 3. The van der Waals surface area contributed by atoms with Crippen LogP contribution in [-0.2, 0) is 27.7 Å². The second-order valence-corrected chi connectivity index (χ2v) is 11.2. The summed E-state index contributed by atoms with van der Waals surface area (Å²) < 4.78 is 28.3. The number of carbonyl (C=O) groups excluding carboxylic acids is 1. The van der Waals surface area contributed by atoms with E-state index < -0.39 is 10.0 Å². The van der Waals surface area contributed by atoms with Gasteiger partial charge in [0.1, 0.15) is 0 Å². The highest BCUT2D eigenvalue weighted by atomic mass is 32.2. The van der Waals surface area contributed by atoms with Crippen molar-refractivity contribution in [1.82, 2.24) is 14.7 Å². The predicted octanol–water partition coefficient (Wildman–Crippen LogP) is 4.54. The Bertz CT molecular complexity index is 1620. The van der Waals surface area contributed by atoms with Crippen LogP contribution in [0, 0.1) is 13.8 Å². The third kappa shape index (κ3) is 5.29. The Morgan fingerprint density at radius 3 is 2.50 bits per heavy atom. The highest BCUT2D eigenvalue weighted by Gasteiger charge is 2.24. The molecule has 3 aromatic carbocycles. The van der Waals surface area contributed by atoms with Gasteiger partial charge in [-0.05, 0) is 67.3 Å². The Balaban J connectivity index is 1.29. The maximum atomic E-state index is 12.8. The Morgan fingerprint density at radius 2 is 1.74 bits per heavy atom. The molecule has 0 aliphatic carbocycles. The van der Waals surface area contributed by atoms with Crippen LogP contribution in [0.1, 0.15) is 22.3 Å². The van der Waals surface area contributed by atoms with Gasteiger partial charge in [0.25, 0.3) is 0 Å². The molecule has 1 aliphatic rings. The average molecular weight is 528 g/mol. The van der Waals surface area contributed by atoms with Crippen LogP contribution in [0.5, 0.6) is 0 Å². The molecule has 1 aliphatic heterocycles. The van der Waals surface area contributed by atoms with Gasteiger partial charge >= 0.3 is 0 Å². The summed E-state index contributed by atoms with van der Waals surface area (Å²) in [5.74, 6) is 0.331. The van der Waals surface area contributed by atoms with Crippen molar-refractivity contribution in [3.8, 4) is 11.3 Å². The number of aryl methyl sites for hydroxylation is 2. The minimum atomic E-state index is -3.64. The molecule has 0 unspecified atom stereocenters. The smallest absolute Gasteiger partial charge is 0.240 e. The van der Waals surface area contributed by atoms with Crippen molar-refractivity contribution in [3.63, 3.8) is 0 Å². The minimum absolute atomic E-state index is 0.0279. The van der Waals surface area contributed by atoms with E-state index in [2.05, 4.69) is 34.1 Å². The van der Waals surface area contributed by atoms with Gasteiger partial charge in [0.2, 0.25) is 21.9 Å². The Morgan fingerprint density at radius 1 is 0.974 bits per heavy atom. The van der Waals surface area contributed by atoms with Crippen LogP contribution < -0.4 is 14.9 Å². The molecule has 0 fully saturated rings. The van der Waals surface area contributed by atoms with E-state index in [1.165, 1.54) is 11.1 Å². The first-order valence-electron chi connectivity index (χ1n) is 12.4. The van der Waals surface area contributed by atoms with Gasteiger partial charge in [-0.1, -0.05) is 36.4 Å². The molecule has 0 radical (unpaired) electrons. The number of fused-ring (bicyclic) bond motifs is 3. The summed E-state index contributed by atoms with van der Waals surface area (Å²) in [5.41, 5.74) is 7.25. The van der Waals surface area contributed by atoms with Gasteiger partial charge in [0, 0.05) is 36.6 Å². The van der Waals surface area contributed by atoms with Crippen LogP contribution in [0.4, 0.5) is 17.3 Å². The zero-order valence-corrected chi connectivity index (χ0v) is 22.3. The number of rotatable bonds is 7. The maximum Gasteiger partial charge on any atom is 0.240 e. The maximum absolute atomic E-state index is 12.8. The molecule has 1 aromatic heterocycles. The normalized spacial score (nSPS) is 13.0. The highest BCUT2D eigenvalue weighted by molar-refractivity contribution is 7.89. The lowest BCUT2D eigenvalue weighted by molar-refractivity contribution is -0.117. The number of nitrogens with one attached hydrogen (secondary N) is 2. The summed E-state index contributed by atoms with van der Waals surface area (Å²) in [6.07, 6.45) is 2.49. The van der Waals surface area contributed by atoms with Crippen molar-refractivity contribution < 1.29 is 13.2 Å². The fourth-order valence-electron chi connectivity index (χ4n) is 4.43. The summed E-state index contributed by atoms with van der Waals surface area (Å²) in [4.78, 5) is 23.5. The van der Waals surface area contributed by atoms with E-state index in [-0.39, 0.29) is 17.2 Å². The van der Waals surface area contributed by atoms with E-state index in [0.717, 1.165) is 22.4 Å². The Kier molecular flexibility index (Phi) is 6.96. The third-order valence-corrected chi connectivity index (χ3v) is 8.28. The first kappa shape index (κ1) is 25.6. The third-order valence-electron chi connectivity index (χ3n) is 6.80. The summed E-state index contributed by atoms with van der Waals surface area (Å²) in [6.45, 7) is 4.42. The van der Waals surface area contributed by atoms with Crippen LogP contribution in [0.2, 0.25) is 0 Å². The lowest BCUT2D eigenvalue weighted by Crippen LogP contribution is -2.26. The van der Waals surface area contributed by atoms with Gasteiger partial charge in [-0.25, -0.2) is 23.1 Å². The first-order chi connectivity index (χ1) is 18.2. The Hall–Kier alpha value is -4.08. The molecule has 2 N–H and O–H groups in total. The zero-order chi connectivity index (χ0) is 26.9. The second-order valence-electron chi connectivity index (χ2n) is 9.43. The standard InChI is InChI=1S/C29H29N5O3S/c1-19-8-9-21(16-20(19)2)14-15-31-38(36,37)24-12-10-23(11-13-24)32-29-30-18-22-17-27(35)34(3)26-7-5-4-6-25(26)28(22)33-29/h4-13,16,18,31H,14-15,17H2,1-3H3,(H,30,32,33). The van der Waals surface area contributed by atoms with Crippen molar-refractivity contribution in [3.05, 3.63) is 95.2 Å². The fourth-order valence-corrected chi connectivity index (χ4v) is 5.46. The molecule has 4 aromatic rings. The number of carbonyl (C=O) groups is 1. The molecule has 0 saturated carbocycles. The largest absolute Gasteiger partial charge is 0.324 e. The average Bonchev–Trinajstić information content (AvgIpc) is 3.01. The van der Waals surface area contributed by atoms with Crippen LogP contribution in [0.25, 0.3) is 11.3 Å². The van der Waals surface area contributed by atoms with Crippen molar-refractivity contribution in [1.29, 1.82) is 0 Å². The van der Waals surface area contributed by atoms with Gasteiger partial charge in [-0.15, -0.1) is 0 Å². The quantitative estimate of drug-likeness (QED) is 0.366. The van der Waals surface area contributed by atoms with Crippen molar-refractivity contribution >= 4 is 33.3 Å². The van der Waals surface area contributed by atoms with E-state index in [4.69, 9.17) is 4.98 Å². The summed E-state index contributed by atoms with van der Waals surface area (Å²) in [5, 5.41) is 3.14. The van der Waals surface area contributed by atoms with E-state index in [9.17, 15) is 13.2 Å². The number of aromatic nitrogens is 2. The zero-order valence-electron chi connectivity index (χ0n) is 21.5. The van der Waals surface area contributed by atoms with Gasteiger partial charge < -0.3 is 10.2 Å². The van der Waals surface area contributed by atoms with E-state index in [0.29, 0.717) is 30.3 Å². The first-order valence-corrected chi connectivity index (χ1v) is 13.8. The number of amides is 1. The molecular weight excluding hydrogens is 498 g/mol. The number of para-hydroxylation sites is 1. The number of hydrogen-bond donors (Lipinski definition) is 2. The summed E-state index contributed by atoms with van der Waals surface area (Å²) in [6, 6.07) is 20.3. The number of anilines is 3. The molecule has 2 heterocycles. The van der Waals surface area contributed by atoms with Crippen LogP contribution >= 0.6 is 0 Å². The number of hydrogen-bond acceptors (Lipinski definition) is 6. The lowest BCUT2D eigenvalue weighted by Gasteiger charge is -2.16. The van der Waals surface area contributed by atoms with Gasteiger partial charge in [-0.2, -0.15) is 0 Å². The molecule has 0 atom stereocenters. The molecule has 1 amide bonds. The minimum Gasteiger partial charge on any atom is -0.324 e. The summed E-state index contributed by atoms with van der Waals surface area (Å²) >= 11 is 0. The van der Waals surface area contributed by atoms with E-state index in [1.54, 1.807) is 42.4 Å². The number of likely N-dealkylation sites (N-methyl/N-ethyl adjacent to an activating group) is 1. The molecule has 9 heteroatoms. The van der Waals surface area contributed by atoms with Crippen molar-refractivity contribution in [2.75, 3.05) is 23.8 Å².